The van der Waals surface area contributed by atoms with Gasteiger partial charge in [-0.2, -0.15) is 4.31 Å². The fourth-order valence-corrected chi connectivity index (χ4v) is 5.92. The van der Waals surface area contributed by atoms with Crippen molar-refractivity contribution in [2.45, 2.75) is 37.1 Å². The molecule has 33 heavy (non-hydrogen) atoms. The van der Waals surface area contributed by atoms with Gasteiger partial charge in [0, 0.05) is 62.2 Å². The van der Waals surface area contributed by atoms with Gasteiger partial charge < -0.3 is 9.64 Å². The summed E-state index contributed by atoms with van der Waals surface area (Å²) in [6.45, 7) is 2.46. The van der Waals surface area contributed by atoms with E-state index in [0.717, 1.165) is 48.6 Å². The van der Waals surface area contributed by atoms with Crippen molar-refractivity contribution in [3.8, 4) is 17.1 Å². The van der Waals surface area contributed by atoms with Crippen LogP contribution in [0.1, 0.15) is 30.5 Å². The number of hydrogen-bond acceptors (Lipinski definition) is 7. The van der Waals surface area contributed by atoms with E-state index in [9.17, 15) is 8.42 Å². The van der Waals surface area contributed by atoms with Crippen LogP contribution in [0.15, 0.2) is 53.7 Å². The number of nitrogens with zero attached hydrogens (tertiary/aromatic N) is 5. The molecule has 4 heterocycles. The van der Waals surface area contributed by atoms with E-state index in [1.807, 2.05) is 12.1 Å². The molecule has 0 aliphatic carbocycles. The first kappa shape index (κ1) is 21.8. The van der Waals surface area contributed by atoms with Gasteiger partial charge in [0.2, 0.25) is 10.0 Å². The molecule has 2 aliphatic heterocycles. The van der Waals surface area contributed by atoms with E-state index in [0.29, 0.717) is 24.5 Å². The lowest BCUT2D eigenvalue weighted by Crippen LogP contribution is -2.39. The van der Waals surface area contributed by atoms with Gasteiger partial charge in [-0.05, 0) is 43.5 Å². The number of piperidine rings is 1. The molecule has 2 aliphatic rings. The summed E-state index contributed by atoms with van der Waals surface area (Å²) in [5, 5.41) is 0. The molecule has 1 fully saturated rings. The summed E-state index contributed by atoms with van der Waals surface area (Å²) < 4.78 is 33.7. The zero-order valence-corrected chi connectivity index (χ0v) is 19.5. The van der Waals surface area contributed by atoms with E-state index in [2.05, 4.69) is 9.88 Å². The Kier molecular flexibility index (Phi) is 5.99. The molecule has 172 valence electrons. The molecule has 0 bridgehead atoms. The topological polar surface area (TPSA) is 88.5 Å². The first-order chi connectivity index (χ1) is 16.1. The van der Waals surface area contributed by atoms with Crippen molar-refractivity contribution in [2.24, 2.45) is 0 Å². The molecular formula is C24H27N5O3S. The van der Waals surface area contributed by atoms with Crippen LogP contribution in [0.25, 0.3) is 11.4 Å². The molecule has 0 atom stereocenters. The smallest absolute Gasteiger partial charge is 0.243 e. The van der Waals surface area contributed by atoms with Crippen LogP contribution in [0.4, 0.5) is 5.82 Å². The summed E-state index contributed by atoms with van der Waals surface area (Å²) in [5.74, 6) is 2.02. The van der Waals surface area contributed by atoms with Gasteiger partial charge in [-0.3, -0.25) is 4.98 Å². The van der Waals surface area contributed by atoms with Gasteiger partial charge in [-0.25, -0.2) is 18.4 Å². The van der Waals surface area contributed by atoms with E-state index >= 15 is 0 Å². The minimum atomic E-state index is -3.68. The van der Waals surface area contributed by atoms with Crippen LogP contribution in [0, 0.1) is 0 Å². The molecule has 0 radical (unpaired) electrons. The van der Waals surface area contributed by atoms with E-state index < -0.39 is 10.0 Å². The number of ether oxygens (including phenoxy) is 1. The lowest BCUT2D eigenvalue weighted by atomic mass is 10.0. The maximum absolute atomic E-state index is 13.4. The Morgan fingerprint density at radius 2 is 1.85 bits per heavy atom. The average Bonchev–Trinajstić information content (AvgIpc) is 2.88. The van der Waals surface area contributed by atoms with Crippen LogP contribution in [0.5, 0.6) is 5.75 Å². The van der Waals surface area contributed by atoms with Crippen molar-refractivity contribution >= 4 is 15.8 Å². The molecule has 0 saturated carbocycles. The Morgan fingerprint density at radius 3 is 2.61 bits per heavy atom. The number of rotatable bonds is 5. The molecule has 8 nitrogen and oxygen atoms in total. The number of aromatic nitrogens is 3. The first-order valence-electron chi connectivity index (χ1n) is 11.3. The minimum Gasteiger partial charge on any atom is -0.497 e. The Morgan fingerprint density at radius 1 is 1.00 bits per heavy atom. The minimum absolute atomic E-state index is 0.234. The van der Waals surface area contributed by atoms with Crippen molar-refractivity contribution in [1.82, 2.24) is 19.3 Å². The first-order valence-corrected chi connectivity index (χ1v) is 12.7. The van der Waals surface area contributed by atoms with E-state index in [-0.39, 0.29) is 11.4 Å². The van der Waals surface area contributed by atoms with Gasteiger partial charge in [0.15, 0.2) is 5.82 Å². The van der Waals surface area contributed by atoms with E-state index in [1.165, 1.54) is 17.8 Å². The number of anilines is 1. The second-order valence-electron chi connectivity index (χ2n) is 8.35. The predicted molar refractivity (Wildman–Crippen MR) is 126 cm³/mol. The van der Waals surface area contributed by atoms with Crippen LogP contribution in [0.2, 0.25) is 0 Å². The number of hydrogen-bond donors (Lipinski definition) is 0. The molecule has 1 aromatic carbocycles. The maximum atomic E-state index is 13.4. The third-order valence-corrected chi connectivity index (χ3v) is 8.10. The van der Waals surface area contributed by atoms with Gasteiger partial charge in [0.1, 0.15) is 11.6 Å². The highest BCUT2D eigenvalue weighted by atomic mass is 32.2. The number of methoxy groups -OCH3 is 1. The molecule has 0 unspecified atom stereocenters. The van der Waals surface area contributed by atoms with Gasteiger partial charge >= 0.3 is 0 Å². The number of sulfonamides is 1. The molecule has 9 heteroatoms. The van der Waals surface area contributed by atoms with Crippen molar-refractivity contribution < 1.29 is 13.2 Å². The van der Waals surface area contributed by atoms with E-state index in [4.69, 9.17) is 14.7 Å². The van der Waals surface area contributed by atoms with Crippen molar-refractivity contribution in [3.05, 3.63) is 60.0 Å². The number of pyridine rings is 1. The summed E-state index contributed by atoms with van der Waals surface area (Å²) in [7, 11) is -2.15. The van der Waals surface area contributed by atoms with Crippen LogP contribution in [0.3, 0.4) is 0 Å². The van der Waals surface area contributed by atoms with Crippen LogP contribution >= 0.6 is 0 Å². The van der Waals surface area contributed by atoms with Crippen LogP contribution in [-0.4, -0.2) is 54.4 Å². The summed E-state index contributed by atoms with van der Waals surface area (Å²) in [4.78, 5) is 16.5. The van der Waals surface area contributed by atoms with Gasteiger partial charge in [0.25, 0.3) is 0 Å². The predicted octanol–water partition coefficient (Wildman–Crippen LogP) is 3.28. The molecule has 0 amide bonds. The van der Waals surface area contributed by atoms with Gasteiger partial charge in [-0.1, -0.05) is 6.07 Å². The second kappa shape index (κ2) is 9.07. The quantitative estimate of drug-likeness (QED) is 0.571. The molecule has 0 spiro atoms. The maximum Gasteiger partial charge on any atom is 0.243 e. The van der Waals surface area contributed by atoms with Crippen molar-refractivity contribution in [1.29, 1.82) is 0 Å². The lowest BCUT2D eigenvalue weighted by molar-refractivity contribution is 0.385. The number of benzene rings is 1. The van der Waals surface area contributed by atoms with Crippen LogP contribution in [-0.2, 0) is 23.0 Å². The third-order valence-electron chi connectivity index (χ3n) is 6.26. The molecule has 2 aromatic heterocycles. The largest absolute Gasteiger partial charge is 0.497 e. The zero-order chi connectivity index (χ0) is 22.8. The standard InChI is InChI=1S/C24H27N5O3S/c1-32-19-8-5-9-20(15-19)33(30,31)29-14-10-22-21(17-29)24(28-12-3-2-4-13-28)27-23(26-22)18-7-6-11-25-16-18/h5-9,11,15-16H,2-4,10,12-14,17H2,1H3. The van der Waals surface area contributed by atoms with Crippen molar-refractivity contribution in [2.75, 3.05) is 31.6 Å². The van der Waals surface area contributed by atoms with Crippen LogP contribution < -0.4 is 9.64 Å². The molecule has 1 saturated heterocycles. The molecule has 3 aromatic rings. The van der Waals surface area contributed by atoms with E-state index in [1.54, 1.807) is 36.7 Å². The molecule has 5 rings (SSSR count). The summed E-state index contributed by atoms with van der Waals surface area (Å²) >= 11 is 0. The van der Waals surface area contributed by atoms with Gasteiger partial charge in [0.05, 0.1) is 17.7 Å². The Labute approximate surface area is 194 Å². The average molecular weight is 466 g/mol. The zero-order valence-electron chi connectivity index (χ0n) is 18.6. The second-order valence-corrected chi connectivity index (χ2v) is 10.3. The highest BCUT2D eigenvalue weighted by molar-refractivity contribution is 7.89. The molecule has 0 N–H and O–H groups in total. The van der Waals surface area contributed by atoms with Gasteiger partial charge in [-0.15, -0.1) is 0 Å². The third kappa shape index (κ3) is 4.30. The van der Waals surface area contributed by atoms with Crippen molar-refractivity contribution in [3.63, 3.8) is 0 Å². The SMILES string of the molecule is COc1cccc(S(=O)(=O)N2CCc3nc(-c4cccnc4)nc(N4CCCCC4)c3C2)c1. The summed E-state index contributed by atoms with van der Waals surface area (Å²) in [5.41, 5.74) is 2.69. The normalized spacial score (nSPS) is 16.9. The number of fused-ring (bicyclic) bond motifs is 1. The fourth-order valence-electron chi connectivity index (χ4n) is 4.48. The summed E-state index contributed by atoms with van der Waals surface area (Å²) in [6.07, 6.45) is 7.45. The fraction of sp³-hybridized carbons (Fsp3) is 0.375. The lowest BCUT2D eigenvalue weighted by Gasteiger charge is -2.34. The Hall–Kier alpha value is -3.04. The monoisotopic (exact) mass is 465 g/mol. The highest BCUT2D eigenvalue weighted by Crippen LogP contribution is 2.33. The summed E-state index contributed by atoms with van der Waals surface area (Å²) in [6, 6.07) is 10.5. The highest BCUT2D eigenvalue weighted by Gasteiger charge is 2.33. The Balaban J connectivity index is 1.54. The molecular weight excluding hydrogens is 438 g/mol. The Bertz CT molecular complexity index is 1240.